The van der Waals surface area contributed by atoms with E-state index in [1.54, 1.807) is 31.5 Å². The number of hydrogen-bond acceptors (Lipinski definition) is 4. The SMILES string of the molecule is COc1ccc(-c2nc3ncc(Br)cc3[nH]2)c(O)c1. The van der Waals surface area contributed by atoms with Crippen LogP contribution in [0.15, 0.2) is 34.9 Å². The van der Waals surface area contributed by atoms with Crippen LogP contribution in [0.5, 0.6) is 11.5 Å². The Morgan fingerprint density at radius 1 is 1.32 bits per heavy atom. The number of benzene rings is 1. The second kappa shape index (κ2) is 4.55. The first kappa shape index (κ1) is 12.0. The predicted octanol–water partition coefficient (Wildman–Crippen LogP) is 3.10. The van der Waals surface area contributed by atoms with Crippen LogP contribution in [0.3, 0.4) is 0 Å². The minimum Gasteiger partial charge on any atom is -0.507 e. The number of phenols is 1. The smallest absolute Gasteiger partial charge is 0.178 e. The summed E-state index contributed by atoms with van der Waals surface area (Å²) in [5.74, 6) is 1.27. The molecule has 1 aromatic carbocycles. The maximum absolute atomic E-state index is 9.99. The lowest BCUT2D eigenvalue weighted by Crippen LogP contribution is -1.85. The second-order valence-electron chi connectivity index (χ2n) is 3.99. The van der Waals surface area contributed by atoms with Gasteiger partial charge in [-0.2, -0.15) is 0 Å². The van der Waals surface area contributed by atoms with E-state index in [1.807, 2.05) is 6.07 Å². The van der Waals surface area contributed by atoms with Gasteiger partial charge in [0.1, 0.15) is 17.3 Å². The van der Waals surface area contributed by atoms with Gasteiger partial charge in [0.25, 0.3) is 0 Å². The van der Waals surface area contributed by atoms with E-state index >= 15 is 0 Å². The molecule has 0 aliphatic rings. The Hall–Kier alpha value is -2.08. The normalized spacial score (nSPS) is 10.8. The van der Waals surface area contributed by atoms with Crippen molar-refractivity contribution in [2.45, 2.75) is 0 Å². The summed E-state index contributed by atoms with van der Waals surface area (Å²) in [5, 5.41) is 9.99. The van der Waals surface area contributed by atoms with Crippen molar-refractivity contribution in [1.29, 1.82) is 0 Å². The summed E-state index contributed by atoms with van der Waals surface area (Å²) >= 11 is 3.36. The van der Waals surface area contributed by atoms with Crippen molar-refractivity contribution >= 4 is 27.1 Å². The second-order valence-corrected chi connectivity index (χ2v) is 4.91. The van der Waals surface area contributed by atoms with Crippen LogP contribution in [-0.4, -0.2) is 27.2 Å². The Labute approximate surface area is 117 Å². The van der Waals surface area contributed by atoms with Crippen molar-refractivity contribution in [3.8, 4) is 22.9 Å². The first-order valence-electron chi connectivity index (χ1n) is 5.56. The fraction of sp³-hybridized carbons (Fsp3) is 0.0769. The van der Waals surface area contributed by atoms with Gasteiger partial charge in [0, 0.05) is 16.7 Å². The molecule has 3 rings (SSSR count). The molecule has 0 aliphatic heterocycles. The summed E-state index contributed by atoms with van der Waals surface area (Å²) in [4.78, 5) is 11.7. The number of aromatic nitrogens is 3. The van der Waals surface area contributed by atoms with Gasteiger partial charge < -0.3 is 14.8 Å². The number of methoxy groups -OCH3 is 1. The van der Waals surface area contributed by atoms with Gasteiger partial charge in [0.2, 0.25) is 0 Å². The molecule has 2 heterocycles. The molecule has 0 radical (unpaired) electrons. The third-order valence-electron chi connectivity index (χ3n) is 2.76. The standard InChI is InChI=1S/C13H10BrN3O2/c1-19-8-2-3-9(11(18)5-8)12-16-10-4-7(14)6-15-13(10)17-12/h2-6,18H,1H3,(H,15,16,17). The van der Waals surface area contributed by atoms with E-state index in [0.717, 1.165) is 9.99 Å². The van der Waals surface area contributed by atoms with Crippen LogP contribution in [0.2, 0.25) is 0 Å². The Bertz CT molecular complexity index is 755. The zero-order valence-corrected chi connectivity index (χ0v) is 11.6. The zero-order chi connectivity index (χ0) is 13.4. The number of nitrogens with one attached hydrogen (secondary N) is 1. The highest BCUT2D eigenvalue weighted by molar-refractivity contribution is 9.10. The lowest BCUT2D eigenvalue weighted by atomic mass is 10.2. The average Bonchev–Trinajstić information content (AvgIpc) is 2.81. The lowest BCUT2D eigenvalue weighted by Gasteiger charge is -2.03. The minimum absolute atomic E-state index is 0.109. The molecule has 0 atom stereocenters. The van der Waals surface area contributed by atoms with Crippen LogP contribution >= 0.6 is 15.9 Å². The van der Waals surface area contributed by atoms with E-state index < -0.39 is 0 Å². The monoisotopic (exact) mass is 319 g/mol. The van der Waals surface area contributed by atoms with Gasteiger partial charge in [-0.1, -0.05) is 0 Å². The molecule has 0 amide bonds. The highest BCUT2D eigenvalue weighted by atomic mass is 79.9. The van der Waals surface area contributed by atoms with Crippen molar-refractivity contribution in [3.63, 3.8) is 0 Å². The Morgan fingerprint density at radius 2 is 2.16 bits per heavy atom. The molecule has 5 nitrogen and oxygen atoms in total. The fourth-order valence-corrected chi connectivity index (χ4v) is 2.17. The molecule has 2 aromatic heterocycles. The van der Waals surface area contributed by atoms with Crippen molar-refractivity contribution < 1.29 is 9.84 Å². The Kier molecular flexibility index (Phi) is 2.87. The molecule has 0 bridgehead atoms. The summed E-state index contributed by atoms with van der Waals surface area (Å²) in [6.45, 7) is 0. The van der Waals surface area contributed by atoms with E-state index in [9.17, 15) is 5.11 Å². The van der Waals surface area contributed by atoms with Gasteiger partial charge in [-0.05, 0) is 34.1 Å². The summed E-state index contributed by atoms with van der Waals surface area (Å²) in [6.07, 6.45) is 1.68. The Morgan fingerprint density at radius 3 is 2.89 bits per heavy atom. The molecule has 19 heavy (non-hydrogen) atoms. The number of pyridine rings is 1. The van der Waals surface area contributed by atoms with Crippen LogP contribution in [-0.2, 0) is 0 Å². The average molecular weight is 320 g/mol. The maximum Gasteiger partial charge on any atom is 0.178 e. The molecule has 0 unspecified atom stereocenters. The topological polar surface area (TPSA) is 71.0 Å². The van der Waals surface area contributed by atoms with Crippen molar-refractivity contribution in [2.75, 3.05) is 7.11 Å². The molecule has 3 aromatic rings. The van der Waals surface area contributed by atoms with Crippen LogP contribution in [0.25, 0.3) is 22.6 Å². The molecule has 0 fully saturated rings. The third kappa shape index (κ3) is 2.15. The molecule has 0 aliphatic carbocycles. The molecular formula is C13H10BrN3O2. The van der Waals surface area contributed by atoms with E-state index in [-0.39, 0.29) is 5.75 Å². The van der Waals surface area contributed by atoms with Crippen LogP contribution < -0.4 is 4.74 Å². The van der Waals surface area contributed by atoms with Gasteiger partial charge in [0.15, 0.2) is 5.65 Å². The maximum atomic E-state index is 9.99. The molecule has 2 N–H and O–H groups in total. The van der Waals surface area contributed by atoms with Gasteiger partial charge in [-0.3, -0.25) is 0 Å². The van der Waals surface area contributed by atoms with E-state index in [0.29, 0.717) is 22.8 Å². The van der Waals surface area contributed by atoms with Crippen molar-refractivity contribution in [3.05, 3.63) is 34.9 Å². The van der Waals surface area contributed by atoms with Crippen LogP contribution in [0, 0.1) is 0 Å². The molecular weight excluding hydrogens is 310 g/mol. The molecule has 6 heteroatoms. The summed E-state index contributed by atoms with van der Waals surface area (Å²) in [7, 11) is 1.55. The largest absolute Gasteiger partial charge is 0.507 e. The van der Waals surface area contributed by atoms with Crippen molar-refractivity contribution in [2.24, 2.45) is 0 Å². The minimum atomic E-state index is 0.109. The van der Waals surface area contributed by atoms with Crippen LogP contribution in [0.4, 0.5) is 0 Å². The number of aromatic hydroxyl groups is 1. The summed E-state index contributed by atoms with van der Waals surface area (Å²) < 4.78 is 5.92. The van der Waals surface area contributed by atoms with Crippen LogP contribution in [0.1, 0.15) is 0 Å². The predicted molar refractivity (Wildman–Crippen MR) is 75.2 cm³/mol. The summed E-state index contributed by atoms with van der Waals surface area (Å²) in [6, 6.07) is 6.96. The molecule has 0 saturated heterocycles. The molecule has 0 saturated carbocycles. The zero-order valence-electron chi connectivity index (χ0n) is 10.0. The number of imidazole rings is 1. The van der Waals surface area contributed by atoms with Gasteiger partial charge in [-0.25, -0.2) is 9.97 Å². The number of ether oxygens (including phenoxy) is 1. The van der Waals surface area contributed by atoms with Gasteiger partial charge >= 0.3 is 0 Å². The number of fused-ring (bicyclic) bond motifs is 1. The number of nitrogens with zero attached hydrogens (tertiary/aromatic N) is 2. The number of rotatable bonds is 2. The first-order valence-corrected chi connectivity index (χ1v) is 6.35. The van der Waals surface area contributed by atoms with Crippen molar-refractivity contribution in [1.82, 2.24) is 15.0 Å². The summed E-state index contributed by atoms with van der Waals surface area (Å²) in [5.41, 5.74) is 2.02. The third-order valence-corrected chi connectivity index (χ3v) is 3.20. The quantitative estimate of drug-likeness (QED) is 0.761. The van der Waals surface area contributed by atoms with E-state index in [2.05, 4.69) is 30.9 Å². The number of aromatic amines is 1. The number of hydrogen-bond donors (Lipinski definition) is 2. The number of H-pyrrole nitrogens is 1. The highest BCUT2D eigenvalue weighted by Crippen LogP contribution is 2.31. The first-order chi connectivity index (χ1) is 9.17. The lowest BCUT2D eigenvalue weighted by molar-refractivity contribution is 0.408. The molecule has 0 spiro atoms. The number of phenolic OH excluding ortho intramolecular Hbond substituents is 1. The fourth-order valence-electron chi connectivity index (χ4n) is 1.84. The Balaban J connectivity index is 2.13. The molecule has 96 valence electrons. The van der Waals surface area contributed by atoms with E-state index in [4.69, 9.17) is 4.74 Å². The number of halogens is 1. The van der Waals surface area contributed by atoms with E-state index in [1.165, 1.54) is 0 Å². The van der Waals surface area contributed by atoms with Gasteiger partial charge in [-0.15, -0.1) is 0 Å². The highest BCUT2D eigenvalue weighted by Gasteiger charge is 2.11. The van der Waals surface area contributed by atoms with Gasteiger partial charge in [0.05, 0.1) is 18.2 Å².